The molecular weight excluding hydrogens is 708 g/mol. The normalized spacial score (nSPS) is 27.2. The summed E-state index contributed by atoms with van der Waals surface area (Å²) < 4.78 is 2.63. The van der Waals surface area contributed by atoms with Gasteiger partial charge in [0.1, 0.15) is 17.3 Å². The van der Waals surface area contributed by atoms with E-state index >= 15 is 4.79 Å². The van der Waals surface area contributed by atoms with Crippen molar-refractivity contribution in [1.82, 2.24) is 14.7 Å². The average Bonchev–Trinajstić information content (AvgIpc) is 3.78. The van der Waals surface area contributed by atoms with E-state index in [1.807, 2.05) is 95.3 Å². The lowest BCUT2D eigenvalue weighted by molar-refractivity contribution is -0.145. The number of thiophene rings is 1. The first-order valence-electron chi connectivity index (χ1n) is 18.0. The van der Waals surface area contributed by atoms with Gasteiger partial charge in [0, 0.05) is 45.2 Å². The van der Waals surface area contributed by atoms with Crippen LogP contribution in [0.3, 0.4) is 0 Å². The highest BCUT2D eigenvalue weighted by atomic mass is 35.5. The van der Waals surface area contributed by atoms with Crippen LogP contribution in [-0.4, -0.2) is 49.0 Å². The third kappa shape index (κ3) is 4.57. The largest absolute Gasteiger partial charge is 0.507 e. The van der Waals surface area contributed by atoms with Gasteiger partial charge in [-0.05, 0) is 87.9 Å². The van der Waals surface area contributed by atoms with Crippen LogP contribution in [0.4, 0.5) is 5.82 Å². The van der Waals surface area contributed by atoms with Gasteiger partial charge in [0.05, 0.1) is 28.0 Å². The lowest BCUT2D eigenvalue weighted by Crippen LogP contribution is -2.49. The van der Waals surface area contributed by atoms with Gasteiger partial charge < -0.3 is 5.11 Å². The van der Waals surface area contributed by atoms with E-state index < -0.39 is 40.5 Å². The molecule has 2 aliphatic heterocycles. The van der Waals surface area contributed by atoms with Crippen molar-refractivity contribution in [2.24, 2.45) is 36.1 Å². The number of amides is 4. The Morgan fingerprint density at radius 3 is 2.45 bits per heavy atom. The van der Waals surface area contributed by atoms with Gasteiger partial charge in [0.25, 0.3) is 0 Å². The molecule has 9 nitrogen and oxygen atoms in total. The number of phenols is 1. The standard InChI is InChI=1S/C42H39ClN4O5S/c1-20-27-17-22(43)12-16-31(27)53-36(20)30-19-32(45(6)44-30)46-38(50)29-18-28-24(14-15-25-33(28)39(51)47(37(25)49)41(2,3)4)34(42(29,5)40(46)52)26-13-11-21-9-7-8-10-23(21)35(26)48/h7-14,16-17,19,25,28-29,33-34,48H,15,18H2,1-6H3. The maximum absolute atomic E-state index is 15.2. The molecule has 4 amide bonds. The Morgan fingerprint density at radius 2 is 1.70 bits per heavy atom. The third-order valence-corrected chi connectivity index (χ3v) is 13.9. The van der Waals surface area contributed by atoms with E-state index in [2.05, 4.69) is 0 Å². The van der Waals surface area contributed by atoms with E-state index in [0.29, 0.717) is 33.9 Å². The maximum atomic E-state index is 15.2. The van der Waals surface area contributed by atoms with Crippen molar-refractivity contribution in [3.8, 4) is 16.3 Å². The molecule has 1 N–H and O–H groups in total. The van der Waals surface area contributed by atoms with Gasteiger partial charge in [-0.25, -0.2) is 4.90 Å². The molecule has 53 heavy (non-hydrogen) atoms. The first-order valence-corrected chi connectivity index (χ1v) is 19.2. The molecule has 3 aromatic carbocycles. The Balaban J connectivity index is 1.20. The van der Waals surface area contributed by atoms with Crippen LogP contribution in [0.15, 0.2) is 72.3 Å². The van der Waals surface area contributed by atoms with Crippen molar-refractivity contribution in [2.75, 3.05) is 4.90 Å². The SMILES string of the molecule is Cc1c(-c2cc(N3C(=O)C4CC5C(=CCC6C(=O)N(C(C)(C)C)C(=O)C65)C(c5ccc6ccccc6c5O)C4(C)C3=O)n(C)n2)sc2ccc(Cl)cc12. The number of aromatic nitrogens is 2. The molecule has 6 atom stereocenters. The van der Waals surface area contributed by atoms with Gasteiger partial charge in [0.2, 0.25) is 23.6 Å². The number of aromatic hydroxyl groups is 1. The summed E-state index contributed by atoms with van der Waals surface area (Å²) in [6.45, 7) is 9.42. The molecule has 270 valence electrons. The molecule has 11 heteroatoms. The Labute approximate surface area is 315 Å². The van der Waals surface area contributed by atoms with E-state index in [1.165, 1.54) is 9.80 Å². The van der Waals surface area contributed by atoms with Gasteiger partial charge in [0.15, 0.2) is 0 Å². The number of halogens is 1. The summed E-state index contributed by atoms with van der Waals surface area (Å²) >= 11 is 7.90. The van der Waals surface area contributed by atoms with Gasteiger partial charge in [-0.1, -0.05) is 59.6 Å². The average molecular weight is 747 g/mol. The zero-order chi connectivity index (χ0) is 37.5. The van der Waals surface area contributed by atoms with Crippen LogP contribution in [0.2, 0.25) is 5.02 Å². The number of carbonyl (C=O) groups excluding carboxylic acids is 4. The molecule has 6 unspecified atom stereocenters. The first-order chi connectivity index (χ1) is 25.1. The van der Waals surface area contributed by atoms with Crippen LogP contribution >= 0.6 is 22.9 Å². The molecule has 0 bridgehead atoms. The fraction of sp³-hybridized carbons (Fsp3) is 0.357. The molecule has 9 rings (SSSR count). The summed E-state index contributed by atoms with van der Waals surface area (Å²) in [6.07, 6.45) is 2.59. The molecule has 0 spiro atoms. The summed E-state index contributed by atoms with van der Waals surface area (Å²) in [7, 11) is 1.73. The molecule has 0 radical (unpaired) electrons. The highest BCUT2D eigenvalue weighted by Gasteiger charge is 2.68. The quantitative estimate of drug-likeness (QED) is 0.147. The zero-order valence-electron chi connectivity index (χ0n) is 30.3. The molecular formula is C42H39ClN4O5S. The number of hydrogen-bond donors (Lipinski definition) is 1. The molecule has 2 saturated heterocycles. The zero-order valence-corrected chi connectivity index (χ0v) is 31.9. The minimum atomic E-state index is -1.31. The fourth-order valence-corrected chi connectivity index (χ4v) is 11.3. The van der Waals surface area contributed by atoms with Crippen molar-refractivity contribution >= 4 is 73.2 Å². The van der Waals surface area contributed by atoms with Gasteiger partial charge in [-0.15, -0.1) is 11.3 Å². The summed E-state index contributed by atoms with van der Waals surface area (Å²) in [5, 5.41) is 19.9. The van der Waals surface area contributed by atoms with Crippen LogP contribution < -0.4 is 4.90 Å². The number of aryl methyl sites for hydroxylation is 2. The second kappa shape index (κ2) is 11.4. The van der Waals surface area contributed by atoms with E-state index in [9.17, 15) is 19.5 Å². The monoisotopic (exact) mass is 746 g/mol. The number of fused-ring (bicyclic) bond motifs is 6. The van der Waals surface area contributed by atoms with Crippen molar-refractivity contribution in [1.29, 1.82) is 0 Å². The summed E-state index contributed by atoms with van der Waals surface area (Å²) in [4.78, 5) is 61.8. The summed E-state index contributed by atoms with van der Waals surface area (Å²) in [5.74, 6) is -4.04. The Hall–Kier alpha value is -4.80. The predicted octanol–water partition coefficient (Wildman–Crippen LogP) is 8.15. The van der Waals surface area contributed by atoms with E-state index in [0.717, 1.165) is 31.5 Å². The molecule has 5 aromatic rings. The molecule has 3 fully saturated rings. The number of phenolic OH excluding ortho intramolecular Hbond substituents is 1. The number of hydrogen-bond acceptors (Lipinski definition) is 7. The Kier molecular flexibility index (Phi) is 7.28. The smallest absolute Gasteiger partial charge is 0.242 e. The minimum Gasteiger partial charge on any atom is -0.507 e. The third-order valence-electron chi connectivity index (χ3n) is 12.4. The Morgan fingerprint density at radius 1 is 0.943 bits per heavy atom. The van der Waals surface area contributed by atoms with Crippen molar-refractivity contribution in [3.63, 3.8) is 0 Å². The number of benzene rings is 3. The van der Waals surface area contributed by atoms with Crippen LogP contribution in [0.25, 0.3) is 31.4 Å². The first kappa shape index (κ1) is 34.0. The number of allylic oxidation sites excluding steroid dienone is 2. The number of nitrogens with zero attached hydrogens (tertiary/aromatic N) is 4. The fourth-order valence-electron chi connectivity index (χ4n) is 9.96. The number of imide groups is 2. The van der Waals surface area contributed by atoms with Gasteiger partial charge in [-0.3, -0.25) is 28.8 Å². The lowest BCUT2D eigenvalue weighted by atomic mass is 9.51. The molecule has 2 aromatic heterocycles. The highest BCUT2D eigenvalue weighted by molar-refractivity contribution is 7.22. The van der Waals surface area contributed by atoms with E-state index in [4.69, 9.17) is 16.7 Å². The molecule has 1 saturated carbocycles. The second-order valence-corrected chi connectivity index (χ2v) is 17.8. The Bertz CT molecular complexity index is 2510. The van der Waals surface area contributed by atoms with Crippen LogP contribution in [0.1, 0.15) is 57.6 Å². The minimum absolute atomic E-state index is 0.0451. The van der Waals surface area contributed by atoms with Crippen molar-refractivity contribution < 1.29 is 24.3 Å². The van der Waals surface area contributed by atoms with E-state index in [-0.39, 0.29) is 35.8 Å². The predicted molar refractivity (Wildman–Crippen MR) is 206 cm³/mol. The molecule has 2 aliphatic carbocycles. The second-order valence-electron chi connectivity index (χ2n) is 16.3. The molecule has 4 heterocycles. The van der Waals surface area contributed by atoms with Crippen LogP contribution in [-0.2, 0) is 26.2 Å². The number of rotatable bonds is 3. The van der Waals surface area contributed by atoms with E-state index in [1.54, 1.807) is 29.1 Å². The van der Waals surface area contributed by atoms with Crippen LogP contribution in [0.5, 0.6) is 5.75 Å². The highest BCUT2D eigenvalue weighted by Crippen LogP contribution is 2.65. The van der Waals surface area contributed by atoms with Crippen molar-refractivity contribution in [3.05, 3.63) is 88.5 Å². The number of anilines is 1. The topological polar surface area (TPSA) is 113 Å². The number of carbonyl (C=O) groups is 4. The van der Waals surface area contributed by atoms with Gasteiger partial charge in [-0.2, -0.15) is 5.10 Å². The van der Waals surface area contributed by atoms with Crippen molar-refractivity contribution in [2.45, 2.75) is 58.9 Å². The molecule has 4 aliphatic rings. The number of likely N-dealkylation sites (tertiary alicyclic amines) is 1. The lowest BCUT2D eigenvalue weighted by Gasteiger charge is -2.49. The summed E-state index contributed by atoms with van der Waals surface area (Å²) in [5.41, 5.74) is 0.990. The van der Waals surface area contributed by atoms with Gasteiger partial charge >= 0.3 is 0 Å². The summed E-state index contributed by atoms with van der Waals surface area (Å²) in [6, 6.07) is 18.8. The maximum Gasteiger partial charge on any atom is 0.242 e. The van der Waals surface area contributed by atoms with Crippen LogP contribution in [0, 0.1) is 36.0 Å².